The first-order chi connectivity index (χ1) is 11.1. The SMILES string of the molecule is CC(NC(=O)N(C)Cc1nnc2n1CCC2)c1ccccc1F. The number of amides is 2. The highest BCUT2D eigenvalue weighted by molar-refractivity contribution is 5.74. The van der Waals surface area contributed by atoms with E-state index in [0.717, 1.165) is 31.0 Å². The Hall–Kier alpha value is -2.44. The molecule has 1 aliphatic heterocycles. The van der Waals surface area contributed by atoms with Crippen molar-refractivity contribution in [1.29, 1.82) is 0 Å². The topological polar surface area (TPSA) is 63.1 Å². The van der Waals surface area contributed by atoms with E-state index in [0.29, 0.717) is 12.1 Å². The van der Waals surface area contributed by atoms with Crippen LogP contribution in [0.25, 0.3) is 0 Å². The van der Waals surface area contributed by atoms with Gasteiger partial charge in [0.2, 0.25) is 0 Å². The number of hydrogen-bond donors (Lipinski definition) is 1. The molecule has 1 atom stereocenters. The van der Waals surface area contributed by atoms with Crippen LogP contribution in [0.4, 0.5) is 9.18 Å². The van der Waals surface area contributed by atoms with E-state index in [-0.39, 0.29) is 11.8 Å². The van der Waals surface area contributed by atoms with Gasteiger partial charge < -0.3 is 14.8 Å². The van der Waals surface area contributed by atoms with Gasteiger partial charge in [0, 0.05) is 25.6 Å². The van der Waals surface area contributed by atoms with Gasteiger partial charge in [-0.05, 0) is 19.4 Å². The monoisotopic (exact) mass is 317 g/mol. The standard InChI is InChI=1S/C16H20FN5O/c1-11(12-6-3-4-7-13(12)17)18-16(23)21(2)10-15-20-19-14-8-5-9-22(14)15/h3-4,6-7,11H,5,8-10H2,1-2H3,(H,18,23). The van der Waals surface area contributed by atoms with Crippen molar-refractivity contribution in [3.8, 4) is 0 Å². The van der Waals surface area contributed by atoms with Crippen molar-refractivity contribution in [2.45, 2.75) is 38.9 Å². The Morgan fingerprint density at radius 1 is 1.43 bits per heavy atom. The van der Waals surface area contributed by atoms with Crippen molar-refractivity contribution >= 4 is 6.03 Å². The minimum atomic E-state index is -0.407. The third-order valence-electron chi connectivity index (χ3n) is 4.12. The molecule has 0 spiro atoms. The molecule has 122 valence electrons. The van der Waals surface area contributed by atoms with Gasteiger partial charge in [-0.2, -0.15) is 0 Å². The number of fused-ring (bicyclic) bond motifs is 1. The summed E-state index contributed by atoms with van der Waals surface area (Å²) in [6.45, 7) is 3.04. The summed E-state index contributed by atoms with van der Waals surface area (Å²) in [6.07, 6.45) is 2.01. The van der Waals surface area contributed by atoms with Crippen LogP contribution in [0.15, 0.2) is 24.3 Å². The van der Waals surface area contributed by atoms with Gasteiger partial charge in [-0.3, -0.25) is 0 Å². The highest BCUT2D eigenvalue weighted by Crippen LogP contribution is 2.17. The van der Waals surface area contributed by atoms with Gasteiger partial charge in [0.25, 0.3) is 0 Å². The zero-order chi connectivity index (χ0) is 16.4. The van der Waals surface area contributed by atoms with Crippen LogP contribution in [0, 0.1) is 5.82 Å². The summed E-state index contributed by atoms with van der Waals surface area (Å²) >= 11 is 0. The molecule has 2 aromatic rings. The lowest BCUT2D eigenvalue weighted by atomic mass is 10.1. The van der Waals surface area contributed by atoms with Crippen LogP contribution < -0.4 is 5.32 Å². The average Bonchev–Trinajstić information content (AvgIpc) is 3.12. The predicted octanol–water partition coefficient (Wildman–Crippen LogP) is 2.27. The van der Waals surface area contributed by atoms with Crippen molar-refractivity contribution in [2.75, 3.05) is 7.05 Å². The summed E-state index contributed by atoms with van der Waals surface area (Å²) in [4.78, 5) is 13.8. The molecule has 1 unspecified atom stereocenters. The second kappa shape index (κ2) is 6.36. The summed E-state index contributed by atoms with van der Waals surface area (Å²) in [7, 11) is 1.69. The Labute approximate surface area is 134 Å². The Balaban J connectivity index is 1.62. The molecular formula is C16H20FN5O. The Kier molecular flexibility index (Phi) is 4.27. The molecule has 1 aromatic carbocycles. The zero-order valence-electron chi connectivity index (χ0n) is 13.3. The average molecular weight is 317 g/mol. The molecule has 0 saturated heterocycles. The minimum Gasteiger partial charge on any atom is -0.331 e. The molecule has 7 heteroatoms. The molecular weight excluding hydrogens is 297 g/mol. The van der Waals surface area contributed by atoms with Crippen LogP contribution in [0.3, 0.4) is 0 Å². The van der Waals surface area contributed by atoms with Gasteiger partial charge in [-0.25, -0.2) is 9.18 Å². The van der Waals surface area contributed by atoms with E-state index in [1.807, 2.05) is 0 Å². The van der Waals surface area contributed by atoms with E-state index in [1.165, 1.54) is 11.0 Å². The van der Waals surface area contributed by atoms with Crippen molar-refractivity contribution < 1.29 is 9.18 Å². The van der Waals surface area contributed by atoms with E-state index < -0.39 is 6.04 Å². The lowest BCUT2D eigenvalue weighted by Crippen LogP contribution is -2.38. The van der Waals surface area contributed by atoms with Crippen LogP contribution >= 0.6 is 0 Å². The van der Waals surface area contributed by atoms with Crippen molar-refractivity contribution in [2.24, 2.45) is 0 Å². The van der Waals surface area contributed by atoms with E-state index >= 15 is 0 Å². The molecule has 1 N–H and O–H groups in total. The number of aryl methyl sites for hydroxylation is 1. The molecule has 0 saturated carbocycles. The molecule has 0 radical (unpaired) electrons. The summed E-state index contributed by atoms with van der Waals surface area (Å²) in [6, 6.07) is 5.77. The molecule has 1 aromatic heterocycles. The fourth-order valence-electron chi connectivity index (χ4n) is 2.81. The number of benzene rings is 1. The number of nitrogens with one attached hydrogen (secondary N) is 1. The lowest BCUT2D eigenvalue weighted by molar-refractivity contribution is 0.201. The molecule has 6 nitrogen and oxygen atoms in total. The van der Waals surface area contributed by atoms with E-state index in [9.17, 15) is 9.18 Å². The van der Waals surface area contributed by atoms with E-state index in [1.54, 1.807) is 32.2 Å². The van der Waals surface area contributed by atoms with Gasteiger partial charge in [-0.1, -0.05) is 18.2 Å². The third kappa shape index (κ3) is 3.18. The summed E-state index contributed by atoms with van der Waals surface area (Å²) in [5.41, 5.74) is 0.470. The number of aromatic nitrogens is 3. The van der Waals surface area contributed by atoms with Crippen LogP contribution in [0.2, 0.25) is 0 Å². The van der Waals surface area contributed by atoms with Crippen molar-refractivity contribution in [1.82, 2.24) is 25.0 Å². The predicted molar refractivity (Wildman–Crippen MR) is 83.2 cm³/mol. The molecule has 2 heterocycles. The first-order valence-electron chi connectivity index (χ1n) is 7.73. The molecule has 2 amide bonds. The summed E-state index contributed by atoms with van der Waals surface area (Å²) < 4.78 is 15.8. The molecule has 0 aliphatic carbocycles. The number of halogens is 1. The van der Waals surface area contributed by atoms with E-state index in [4.69, 9.17) is 0 Å². The first kappa shape index (κ1) is 15.5. The normalized spacial score (nSPS) is 14.4. The van der Waals surface area contributed by atoms with Crippen molar-refractivity contribution in [3.05, 3.63) is 47.3 Å². The maximum atomic E-state index is 13.8. The van der Waals surface area contributed by atoms with Crippen LogP contribution in [-0.4, -0.2) is 32.7 Å². The summed E-state index contributed by atoms with van der Waals surface area (Å²) in [5.74, 6) is 1.44. The first-order valence-corrected chi connectivity index (χ1v) is 7.73. The van der Waals surface area contributed by atoms with Gasteiger partial charge in [-0.15, -0.1) is 10.2 Å². The smallest absolute Gasteiger partial charge is 0.318 e. The minimum absolute atomic E-state index is 0.267. The maximum Gasteiger partial charge on any atom is 0.318 e. The number of rotatable bonds is 4. The molecule has 23 heavy (non-hydrogen) atoms. The highest BCUT2D eigenvalue weighted by atomic mass is 19.1. The van der Waals surface area contributed by atoms with Crippen LogP contribution in [0.5, 0.6) is 0 Å². The van der Waals surface area contributed by atoms with Crippen LogP contribution in [-0.2, 0) is 19.5 Å². The zero-order valence-corrected chi connectivity index (χ0v) is 13.3. The Morgan fingerprint density at radius 2 is 2.22 bits per heavy atom. The maximum absolute atomic E-state index is 13.8. The fraction of sp³-hybridized carbons (Fsp3) is 0.438. The Bertz CT molecular complexity index is 714. The van der Waals surface area contributed by atoms with Gasteiger partial charge >= 0.3 is 6.03 Å². The molecule has 0 bridgehead atoms. The highest BCUT2D eigenvalue weighted by Gasteiger charge is 2.21. The van der Waals surface area contributed by atoms with Crippen LogP contribution in [0.1, 0.15) is 36.6 Å². The second-order valence-electron chi connectivity index (χ2n) is 5.84. The molecule has 3 rings (SSSR count). The van der Waals surface area contributed by atoms with Gasteiger partial charge in [0.1, 0.15) is 11.6 Å². The fourth-order valence-corrected chi connectivity index (χ4v) is 2.81. The van der Waals surface area contributed by atoms with Gasteiger partial charge in [0.05, 0.1) is 12.6 Å². The van der Waals surface area contributed by atoms with Gasteiger partial charge in [0.15, 0.2) is 5.82 Å². The number of carbonyl (C=O) groups is 1. The van der Waals surface area contributed by atoms with E-state index in [2.05, 4.69) is 20.1 Å². The second-order valence-corrected chi connectivity index (χ2v) is 5.84. The Morgan fingerprint density at radius 3 is 3.00 bits per heavy atom. The van der Waals surface area contributed by atoms with Crippen molar-refractivity contribution in [3.63, 3.8) is 0 Å². The number of carbonyl (C=O) groups excluding carboxylic acids is 1. The molecule has 1 aliphatic rings. The summed E-state index contributed by atoms with van der Waals surface area (Å²) in [5, 5.41) is 11.1. The largest absolute Gasteiger partial charge is 0.331 e. The molecule has 0 fully saturated rings. The third-order valence-corrected chi connectivity index (χ3v) is 4.12. The number of urea groups is 1. The number of hydrogen-bond acceptors (Lipinski definition) is 3. The number of nitrogens with zero attached hydrogens (tertiary/aromatic N) is 4. The lowest BCUT2D eigenvalue weighted by Gasteiger charge is -2.21. The quantitative estimate of drug-likeness (QED) is 0.941.